The van der Waals surface area contributed by atoms with E-state index in [2.05, 4.69) is 48.6 Å². The first-order valence-corrected chi connectivity index (χ1v) is 7.11. The Hall–Kier alpha value is -1.16. The molecule has 0 radical (unpaired) electrons. The van der Waals surface area contributed by atoms with Crippen LogP contribution in [0.2, 0.25) is 0 Å². The Morgan fingerprint density at radius 2 is 1.94 bits per heavy atom. The lowest BCUT2D eigenvalue weighted by Crippen LogP contribution is -2.35. The number of benzene rings is 1. The average Bonchev–Trinajstić information content (AvgIpc) is 2.76. The summed E-state index contributed by atoms with van der Waals surface area (Å²) in [5.41, 5.74) is 7.42. The molecule has 2 nitrogen and oxygen atoms in total. The lowest BCUT2D eigenvalue weighted by atomic mass is 10.1. The zero-order valence-electron chi connectivity index (χ0n) is 10.7. The van der Waals surface area contributed by atoms with E-state index in [0.29, 0.717) is 0 Å². The largest absolute Gasteiger partial charge is 0.326 e. The van der Waals surface area contributed by atoms with Crippen LogP contribution < -0.4 is 11.1 Å². The van der Waals surface area contributed by atoms with Crippen LogP contribution in [0.25, 0.3) is 0 Å². The van der Waals surface area contributed by atoms with Gasteiger partial charge >= 0.3 is 0 Å². The molecule has 0 saturated carbocycles. The van der Waals surface area contributed by atoms with Crippen molar-refractivity contribution in [3.05, 3.63) is 57.8 Å². The van der Waals surface area contributed by atoms with Crippen LogP contribution in [-0.2, 0) is 13.0 Å². The maximum absolute atomic E-state index is 6.12. The second-order valence-corrected chi connectivity index (χ2v) is 5.97. The summed E-state index contributed by atoms with van der Waals surface area (Å²) in [7, 11) is 0. The number of hydrogen-bond acceptors (Lipinski definition) is 3. The monoisotopic (exact) mass is 260 g/mol. The molecule has 3 heteroatoms. The third-order valence-corrected chi connectivity index (χ3v) is 3.84. The molecule has 0 bridgehead atoms. The zero-order valence-corrected chi connectivity index (χ0v) is 11.5. The highest BCUT2D eigenvalue weighted by Crippen LogP contribution is 2.14. The summed E-state index contributed by atoms with van der Waals surface area (Å²) in [6.07, 6.45) is 0.928. The molecule has 0 aliphatic rings. The Bertz CT molecular complexity index is 464. The van der Waals surface area contributed by atoms with Gasteiger partial charge in [0.05, 0.1) is 0 Å². The summed E-state index contributed by atoms with van der Waals surface area (Å²) < 4.78 is 0. The summed E-state index contributed by atoms with van der Waals surface area (Å²) in [5.74, 6) is 0. The molecule has 3 N–H and O–H groups in total. The van der Waals surface area contributed by atoms with Crippen molar-refractivity contribution in [2.45, 2.75) is 25.9 Å². The van der Waals surface area contributed by atoms with Crippen LogP contribution in [-0.4, -0.2) is 12.6 Å². The molecule has 18 heavy (non-hydrogen) atoms. The number of aryl methyl sites for hydroxylation is 1. The van der Waals surface area contributed by atoms with E-state index in [1.54, 1.807) is 0 Å². The van der Waals surface area contributed by atoms with E-state index < -0.39 is 0 Å². The van der Waals surface area contributed by atoms with Gasteiger partial charge in [-0.05, 0) is 31.0 Å². The fraction of sp³-hybridized carbons (Fsp3) is 0.333. The molecule has 2 rings (SSSR count). The van der Waals surface area contributed by atoms with E-state index in [4.69, 9.17) is 5.73 Å². The molecule has 1 heterocycles. The fourth-order valence-corrected chi connectivity index (χ4v) is 2.81. The summed E-state index contributed by atoms with van der Waals surface area (Å²) in [6.45, 7) is 3.90. The van der Waals surface area contributed by atoms with E-state index in [0.717, 1.165) is 19.5 Å². The molecule has 0 aliphatic carbocycles. The molecule has 0 spiro atoms. The first-order chi connectivity index (χ1) is 8.74. The Morgan fingerprint density at radius 1 is 1.17 bits per heavy atom. The van der Waals surface area contributed by atoms with Gasteiger partial charge in [-0.15, -0.1) is 11.3 Å². The maximum atomic E-state index is 6.12. The molecule has 2 aromatic rings. The second-order valence-electron chi connectivity index (χ2n) is 4.59. The molecule has 1 aromatic carbocycles. The lowest BCUT2D eigenvalue weighted by molar-refractivity contribution is 0.576. The number of nitrogens with one attached hydrogen (secondary N) is 1. The number of rotatable bonds is 6. The van der Waals surface area contributed by atoms with Gasteiger partial charge in [0.2, 0.25) is 0 Å². The summed E-state index contributed by atoms with van der Waals surface area (Å²) in [5, 5.41) is 3.42. The molecule has 1 atom stereocenters. The minimum atomic E-state index is 0.174. The smallest absolute Gasteiger partial charge is 0.0300 e. The van der Waals surface area contributed by atoms with Gasteiger partial charge in [-0.1, -0.05) is 30.3 Å². The van der Waals surface area contributed by atoms with Gasteiger partial charge in [-0.2, -0.15) is 0 Å². The summed E-state index contributed by atoms with van der Waals surface area (Å²) in [6, 6.07) is 14.9. The Kier molecular flexibility index (Phi) is 4.93. The maximum Gasteiger partial charge on any atom is 0.0300 e. The topological polar surface area (TPSA) is 38.0 Å². The summed E-state index contributed by atoms with van der Waals surface area (Å²) >= 11 is 1.84. The van der Waals surface area contributed by atoms with Crippen molar-refractivity contribution >= 4 is 11.3 Å². The van der Waals surface area contributed by atoms with Gasteiger partial charge in [0, 0.05) is 28.9 Å². The van der Waals surface area contributed by atoms with Crippen LogP contribution in [0, 0.1) is 6.92 Å². The second kappa shape index (κ2) is 6.69. The van der Waals surface area contributed by atoms with Crippen molar-refractivity contribution in [1.29, 1.82) is 0 Å². The highest BCUT2D eigenvalue weighted by molar-refractivity contribution is 7.11. The molecule has 0 saturated heterocycles. The van der Waals surface area contributed by atoms with E-state index in [-0.39, 0.29) is 6.04 Å². The van der Waals surface area contributed by atoms with E-state index in [9.17, 15) is 0 Å². The normalized spacial score (nSPS) is 12.6. The van der Waals surface area contributed by atoms with Crippen LogP contribution in [0.3, 0.4) is 0 Å². The number of thiophene rings is 1. The first kappa shape index (κ1) is 13.3. The molecule has 0 aliphatic heterocycles. The highest BCUT2D eigenvalue weighted by Gasteiger charge is 2.04. The molecule has 1 unspecified atom stereocenters. The van der Waals surface area contributed by atoms with Gasteiger partial charge in [-0.25, -0.2) is 0 Å². The zero-order chi connectivity index (χ0) is 12.8. The minimum absolute atomic E-state index is 0.174. The predicted molar refractivity (Wildman–Crippen MR) is 78.9 cm³/mol. The Balaban J connectivity index is 1.70. The molecule has 1 aromatic heterocycles. The fourth-order valence-electron chi connectivity index (χ4n) is 1.95. The first-order valence-electron chi connectivity index (χ1n) is 6.29. The molecule has 0 amide bonds. The minimum Gasteiger partial charge on any atom is -0.326 e. The molecule has 96 valence electrons. The van der Waals surface area contributed by atoms with Crippen molar-refractivity contribution in [3.63, 3.8) is 0 Å². The van der Waals surface area contributed by atoms with Crippen LogP contribution in [0.5, 0.6) is 0 Å². The van der Waals surface area contributed by atoms with Crippen molar-refractivity contribution < 1.29 is 0 Å². The van der Waals surface area contributed by atoms with Gasteiger partial charge in [-0.3, -0.25) is 0 Å². The van der Waals surface area contributed by atoms with E-state index >= 15 is 0 Å². The van der Waals surface area contributed by atoms with Crippen molar-refractivity contribution in [2.24, 2.45) is 5.73 Å². The predicted octanol–water partition coefficient (Wildman–Crippen LogP) is 2.72. The van der Waals surface area contributed by atoms with Gasteiger partial charge < -0.3 is 11.1 Å². The standard InChI is InChI=1S/C15H20N2S/c1-12-7-8-15(18-12)11-17-10-14(16)9-13-5-3-2-4-6-13/h2-8,14,17H,9-11,16H2,1H3. The van der Waals surface area contributed by atoms with Crippen LogP contribution in [0.1, 0.15) is 15.3 Å². The number of hydrogen-bond donors (Lipinski definition) is 2. The van der Waals surface area contributed by atoms with E-state index in [1.807, 2.05) is 17.4 Å². The van der Waals surface area contributed by atoms with Gasteiger partial charge in [0.1, 0.15) is 0 Å². The molecule has 0 fully saturated rings. The average molecular weight is 260 g/mol. The molecular weight excluding hydrogens is 240 g/mol. The van der Waals surface area contributed by atoms with Crippen LogP contribution in [0.4, 0.5) is 0 Å². The van der Waals surface area contributed by atoms with Crippen molar-refractivity contribution in [2.75, 3.05) is 6.54 Å². The molecular formula is C15H20N2S. The lowest BCUT2D eigenvalue weighted by Gasteiger charge is -2.12. The highest BCUT2D eigenvalue weighted by atomic mass is 32.1. The van der Waals surface area contributed by atoms with E-state index in [1.165, 1.54) is 15.3 Å². The van der Waals surface area contributed by atoms with Gasteiger partial charge in [0.25, 0.3) is 0 Å². The Morgan fingerprint density at radius 3 is 2.61 bits per heavy atom. The summed E-state index contributed by atoms with van der Waals surface area (Å²) in [4.78, 5) is 2.74. The SMILES string of the molecule is Cc1ccc(CNCC(N)Cc2ccccc2)s1. The third-order valence-electron chi connectivity index (χ3n) is 2.84. The van der Waals surface area contributed by atoms with Crippen molar-refractivity contribution in [1.82, 2.24) is 5.32 Å². The van der Waals surface area contributed by atoms with Crippen LogP contribution in [0.15, 0.2) is 42.5 Å². The van der Waals surface area contributed by atoms with Crippen LogP contribution >= 0.6 is 11.3 Å². The van der Waals surface area contributed by atoms with Crippen molar-refractivity contribution in [3.8, 4) is 0 Å². The number of nitrogens with two attached hydrogens (primary N) is 1. The quantitative estimate of drug-likeness (QED) is 0.838. The van der Waals surface area contributed by atoms with Gasteiger partial charge in [0.15, 0.2) is 0 Å². The third kappa shape index (κ3) is 4.26. The Labute approximate surface area is 113 Å².